The molecule has 4 heteroatoms. The van der Waals surface area contributed by atoms with Gasteiger partial charge in [-0.1, -0.05) is 6.92 Å². The number of Topliss-reactive ketones (excluding diaryl/α,β-unsaturated/α-hetero) is 1. The van der Waals surface area contributed by atoms with Crippen LogP contribution in [-0.2, 0) is 4.79 Å². The predicted molar refractivity (Wildman–Crippen MR) is 75.2 cm³/mol. The molecule has 1 unspecified atom stereocenters. The molecule has 1 heterocycles. The lowest BCUT2D eigenvalue weighted by Crippen LogP contribution is -2.22. The van der Waals surface area contributed by atoms with Crippen LogP contribution in [-0.4, -0.2) is 33.1 Å². The van der Waals surface area contributed by atoms with Gasteiger partial charge in [0, 0.05) is 49.3 Å². The lowest BCUT2D eigenvalue weighted by Gasteiger charge is -2.20. The Bertz CT molecular complexity index is 436. The summed E-state index contributed by atoms with van der Waals surface area (Å²) in [6, 6.07) is 5.83. The second kappa shape index (κ2) is 5.95. The Morgan fingerprint density at radius 2 is 1.89 bits per heavy atom. The van der Waals surface area contributed by atoms with E-state index in [2.05, 4.69) is 4.90 Å². The van der Waals surface area contributed by atoms with E-state index in [1.54, 1.807) is 14.2 Å². The van der Waals surface area contributed by atoms with Crippen molar-refractivity contribution < 1.29 is 14.3 Å². The van der Waals surface area contributed by atoms with Crippen LogP contribution in [0.25, 0.3) is 0 Å². The minimum atomic E-state index is 0.169. The smallest absolute Gasteiger partial charge is 0.137 e. The quantitative estimate of drug-likeness (QED) is 0.818. The van der Waals surface area contributed by atoms with E-state index in [0.717, 1.165) is 36.7 Å². The van der Waals surface area contributed by atoms with Crippen molar-refractivity contribution in [2.45, 2.75) is 19.8 Å². The number of benzene rings is 1. The summed E-state index contributed by atoms with van der Waals surface area (Å²) in [7, 11) is 3.29. The summed E-state index contributed by atoms with van der Waals surface area (Å²) in [5, 5.41) is 0. The van der Waals surface area contributed by atoms with E-state index in [4.69, 9.17) is 9.47 Å². The Hall–Kier alpha value is -1.71. The molecular formula is C15H21NO3. The van der Waals surface area contributed by atoms with Gasteiger partial charge in [0.15, 0.2) is 0 Å². The number of ketones is 1. The SMILES string of the molecule is CCC(=O)C1CCN(c2cc(OC)cc(OC)c2)C1. The largest absolute Gasteiger partial charge is 0.497 e. The van der Waals surface area contributed by atoms with E-state index >= 15 is 0 Å². The molecule has 1 aromatic carbocycles. The zero-order valence-corrected chi connectivity index (χ0v) is 11.8. The van der Waals surface area contributed by atoms with Crippen molar-refractivity contribution in [3.05, 3.63) is 18.2 Å². The first-order chi connectivity index (χ1) is 9.17. The fraction of sp³-hybridized carbons (Fsp3) is 0.533. The molecule has 0 aromatic heterocycles. The summed E-state index contributed by atoms with van der Waals surface area (Å²) in [6.07, 6.45) is 1.56. The van der Waals surface area contributed by atoms with E-state index in [1.165, 1.54) is 0 Å². The van der Waals surface area contributed by atoms with E-state index in [0.29, 0.717) is 12.2 Å². The lowest BCUT2D eigenvalue weighted by molar-refractivity contribution is -0.121. The van der Waals surface area contributed by atoms with Crippen molar-refractivity contribution in [3.8, 4) is 11.5 Å². The third kappa shape index (κ3) is 3.00. The fourth-order valence-corrected chi connectivity index (χ4v) is 2.52. The number of rotatable bonds is 5. The first kappa shape index (κ1) is 13.7. The molecule has 0 amide bonds. The number of hydrogen-bond donors (Lipinski definition) is 0. The van der Waals surface area contributed by atoms with Gasteiger partial charge in [0.1, 0.15) is 17.3 Å². The molecule has 1 aliphatic heterocycles. The predicted octanol–water partition coefficient (Wildman–Crippen LogP) is 2.51. The Morgan fingerprint density at radius 3 is 2.42 bits per heavy atom. The number of ether oxygens (including phenoxy) is 2. The molecule has 0 aliphatic carbocycles. The first-order valence-electron chi connectivity index (χ1n) is 6.68. The highest BCUT2D eigenvalue weighted by Crippen LogP contribution is 2.32. The van der Waals surface area contributed by atoms with Gasteiger partial charge in [-0.25, -0.2) is 0 Å². The maximum absolute atomic E-state index is 11.8. The summed E-state index contributed by atoms with van der Waals surface area (Å²) in [6.45, 7) is 3.63. The minimum Gasteiger partial charge on any atom is -0.497 e. The monoisotopic (exact) mass is 263 g/mol. The maximum Gasteiger partial charge on any atom is 0.137 e. The van der Waals surface area contributed by atoms with Crippen LogP contribution in [0.1, 0.15) is 19.8 Å². The van der Waals surface area contributed by atoms with Gasteiger partial charge in [-0.3, -0.25) is 4.79 Å². The van der Waals surface area contributed by atoms with Gasteiger partial charge in [-0.05, 0) is 6.42 Å². The Labute approximate surface area is 114 Å². The summed E-state index contributed by atoms with van der Waals surface area (Å²) < 4.78 is 10.6. The molecule has 19 heavy (non-hydrogen) atoms. The number of carbonyl (C=O) groups is 1. The molecule has 1 fully saturated rings. The number of carbonyl (C=O) groups excluding carboxylic acids is 1. The first-order valence-corrected chi connectivity index (χ1v) is 6.68. The van der Waals surface area contributed by atoms with Crippen molar-refractivity contribution in [2.24, 2.45) is 5.92 Å². The van der Waals surface area contributed by atoms with E-state index in [-0.39, 0.29) is 5.92 Å². The van der Waals surface area contributed by atoms with Crippen LogP contribution in [0.4, 0.5) is 5.69 Å². The molecule has 1 aromatic rings. The third-order valence-electron chi connectivity index (χ3n) is 3.69. The van der Waals surface area contributed by atoms with Gasteiger partial charge in [-0.2, -0.15) is 0 Å². The molecule has 0 N–H and O–H groups in total. The van der Waals surface area contributed by atoms with Crippen molar-refractivity contribution in [1.29, 1.82) is 0 Å². The van der Waals surface area contributed by atoms with E-state index in [9.17, 15) is 4.79 Å². The van der Waals surface area contributed by atoms with Crippen LogP contribution >= 0.6 is 0 Å². The molecule has 1 atom stereocenters. The summed E-state index contributed by atoms with van der Waals surface area (Å²) in [5.74, 6) is 2.08. The van der Waals surface area contributed by atoms with E-state index < -0.39 is 0 Å². The molecule has 0 radical (unpaired) electrons. The molecule has 1 saturated heterocycles. The average molecular weight is 263 g/mol. The van der Waals surface area contributed by atoms with E-state index in [1.807, 2.05) is 25.1 Å². The van der Waals surface area contributed by atoms with Crippen LogP contribution in [0.3, 0.4) is 0 Å². The fourth-order valence-electron chi connectivity index (χ4n) is 2.52. The standard InChI is InChI=1S/C15H21NO3/c1-4-15(17)11-5-6-16(10-11)12-7-13(18-2)9-14(8-12)19-3/h7-9,11H,4-6,10H2,1-3H3. The third-order valence-corrected chi connectivity index (χ3v) is 3.69. The van der Waals surface area contributed by atoms with Gasteiger partial charge in [0.2, 0.25) is 0 Å². The van der Waals surface area contributed by atoms with Crippen molar-refractivity contribution in [2.75, 3.05) is 32.2 Å². The second-order valence-corrected chi connectivity index (χ2v) is 4.82. The normalized spacial score (nSPS) is 18.5. The molecular weight excluding hydrogens is 242 g/mol. The van der Waals surface area contributed by atoms with Crippen molar-refractivity contribution in [3.63, 3.8) is 0 Å². The zero-order valence-electron chi connectivity index (χ0n) is 11.8. The highest BCUT2D eigenvalue weighted by atomic mass is 16.5. The van der Waals surface area contributed by atoms with Crippen LogP contribution in [0.2, 0.25) is 0 Å². The topological polar surface area (TPSA) is 38.8 Å². The number of methoxy groups -OCH3 is 2. The van der Waals surface area contributed by atoms with Crippen LogP contribution in [0.15, 0.2) is 18.2 Å². The number of hydrogen-bond acceptors (Lipinski definition) is 4. The molecule has 4 nitrogen and oxygen atoms in total. The minimum absolute atomic E-state index is 0.169. The molecule has 0 spiro atoms. The molecule has 104 valence electrons. The highest BCUT2D eigenvalue weighted by molar-refractivity contribution is 5.82. The zero-order chi connectivity index (χ0) is 13.8. The maximum atomic E-state index is 11.8. The van der Waals surface area contributed by atoms with Gasteiger partial charge >= 0.3 is 0 Å². The van der Waals surface area contributed by atoms with Gasteiger partial charge < -0.3 is 14.4 Å². The summed E-state index contributed by atoms with van der Waals surface area (Å²) in [5.41, 5.74) is 1.06. The Kier molecular flexibility index (Phi) is 4.30. The van der Waals surface area contributed by atoms with Crippen LogP contribution in [0.5, 0.6) is 11.5 Å². The number of anilines is 1. The summed E-state index contributed by atoms with van der Waals surface area (Å²) >= 11 is 0. The number of nitrogens with zero attached hydrogens (tertiary/aromatic N) is 1. The average Bonchev–Trinajstić information content (AvgIpc) is 2.95. The van der Waals surface area contributed by atoms with Gasteiger partial charge in [0.25, 0.3) is 0 Å². The Morgan fingerprint density at radius 1 is 1.26 bits per heavy atom. The highest BCUT2D eigenvalue weighted by Gasteiger charge is 2.27. The van der Waals surface area contributed by atoms with Crippen LogP contribution in [0, 0.1) is 5.92 Å². The van der Waals surface area contributed by atoms with Gasteiger partial charge in [0.05, 0.1) is 14.2 Å². The molecule has 2 rings (SSSR count). The van der Waals surface area contributed by atoms with Crippen LogP contribution < -0.4 is 14.4 Å². The summed E-state index contributed by atoms with van der Waals surface area (Å²) in [4.78, 5) is 14.0. The van der Waals surface area contributed by atoms with Gasteiger partial charge in [-0.15, -0.1) is 0 Å². The molecule has 0 bridgehead atoms. The van der Waals surface area contributed by atoms with Crippen molar-refractivity contribution in [1.82, 2.24) is 0 Å². The second-order valence-electron chi connectivity index (χ2n) is 4.82. The molecule has 1 aliphatic rings. The Balaban J connectivity index is 2.16. The van der Waals surface area contributed by atoms with Crippen molar-refractivity contribution >= 4 is 11.5 Å². The molecule has 0 saturated carbocycles. The lowest BCUT2D eigenvalue weighted by atomic mass is 10.0.